The van der Waals surface area contributed by atoms with E-state index in [9.17, 15) is 26.7 Å². The molecule has 0 aliphatic heterocycles. The second-order valence-electron chi connectivity index (χ2n) is 10.7. The summed E-state index contributed by atoms with van der Waals surface area (Å²) in [5.74, 6) is -4.42. The van der Waals surface area contributed by atoms with Gasteiger partial charge in [-0.3, -0.25) is 4.79 Å². The Balaban J connectivity index is 1.18. The van der Waals surface area contributed by atoms with Crippen LogP contribution in [0.1, 0.15) is 70.3 Å². The van der Waals surface area contributed by atoms with Crippen LogP contribution < -0.4 is 9.47 Å². The molecule has 0 saturated heterocycles. The van der Waals surface area contributed by atoms with Crippen molar-refractivity contribution in [1.82, 2.24) is 0 Å². The standard InChI is InChI=1S/C30H35F5O4/c1-2-3-19-6-15-28(27(33)16-19)37-18-20-4-9-22(10-5-20)30(34,35)39-23-11-7-21(8-12-23)29(36)38-24-13-14-25(31)26(32)17-24/h6,13-17,20-23H,2-5,7-12,18H2,1H3. The van der Waals surface area contributed by atoms with Crippen molar-refractivity contribution in [1.29, 1.82) is 0 Å². The van der Waals surface area contributed by atoms with Gasteiger partial charge >= 0.3 is 12.1 Å². The third-order valence-corrected chi connectivity index (χ3v) is 7.77. The molecule has 9 heteroatoms. The van der Waals surface area contributed by atoms with Crippen LogP contribution in [0.4, 0.5) is 22.0 Å². The molecule has 4 nitrogen and oxygen atoms in total. The van der Waals surface area contributed by atoms with Gasteiger partial charge in [0.15, 0.2) is 23.2 Å². The van der Waals surface area contributed by atoms with Gasteiger partial charge in [0.05, 0.1) is 24.5 Å². The number of carbonyl (C=O) groups is 1. The van der Waals surface area contributed by atoms with E-state index in [0.717, 1.165) is 36.6 Å². The predicted molar refractivity (Wildman–Crippen MR) is 135 cm³/mol. The average Bonchev–Trinajstić information content (AvgIpc) is 2.91. The smallest absolute Gasteiger partial charge is 0.358 e. The number of ether oxygens (including phenoxy) is 3. The molecule has 0 aromatic heterocycles. The number of alkyl halides is 2. The fourth-order valence-electron chi connectivity index (χ4n) is 5.45. The molecule has 39 heavy (non-hydrogen) atoms. The largest absolute Gasteiger partial charge is 0.490 e. The van der Waals surface area contributed by atoms with Crippen molar-refractivity contribution in [3.8, 4) is 11.5 Å². The molecule has 0 N–H and O–H groups in total. The summed E-state index contributed by atoms with van der Waals surface area (Å²) in [5, 5.41) is 0. The van der Waals surface area contributed by atoms with Gasteiger partial charge in [0.2, 0.25) is 0 Å². The van der Waals surface area contributed by atoms with Gasteiger partial charge < -0.3 is 14.2 Å². The second-order valence-corrected chi connectivity index (χ2v) is 10.7. The molecule has 4 rings (SSSR count). The molecule has 2 saturated carbocycles. The van der Waals surface area contributed by atoms with Crippen molar-refractivity contribution < 1.29 is 41.0 Å². The number of halogens is 5. The Hall–Kier alpha value is -2.68. The Morgan fingerprint density at radius 2 is 1.59 bits per heavy atom. The predicted octanol–water partition coefficient (Wildman–Crippen LogP) is 8.02. The Kier molecular flexibility index (Phi) is 9.86. The molecule has 0 spiro atoms. The van der Waals surface area contributed by atoms with Gasteiger partial charge in [-0.1, -0.05) is 19.4 Å². The monoisotopic (exact) mass is 554 g/mol. The molecular weight excluding hydrogens is 519 g/mol. The summed E-state index contributed by atoms with van der Waals surface area (Å²) in [5.41, 5.74) is 0.917. The molecule has 2 aromatic carbocycles. The van der Waals surface area contributed by atoms with Crippen molar-refractivity contribution in [2.75, 3.05) is 6.61 Å². The molecule has 0 bridgehead atoms. The van der Waals surface area contributed by atoms with Gasteiger partial charge in [0, 0.05) is 6.07 Å². The van der Waals surface area contributed by atoms with Crippen LogP contribution in [0.2, 0.25) is 0 Å². The summed E-state index contributed by atoms with van der Waals surface area (Å²) in [4.78, 5) is 12.4. The van der Waals surface area contributed by atoms with Crippen molar-refractivity contribution in [2.45, 2.75) is 83.3 Å². The lowest BCUT2D eigenvalue weighted by atomic mass is 9.81. The van der Waals surface area contributed by atoms with Crippen LogP contribution in [-0.4, -0.2) is 24.8 Å². The highest BCUT2D eigenvalue weighted by molar-refractivity contribution is 5.75. The van der Waals surface area contributed by atoms with E-state index in [1.165, 1.54) is 6.07 Å². The number of carbonyl (C=O) groups excluding carboxylic acids is 1. The van der Waals surface area contributed by atoms with Gasteiger partial charge in [0.1, 0.15) is 5.75 Å². The zero-order chi connectivity index (χ0) is 28.0. The van der Waals surface area contributed by atoms with Crippen LogP contribution >= 0.6 is 0 Å². The lowest BCUT2D eigenvalue weighted by Gasteiger charge is -2.36. The van der Waals surface area contributed by atoms with Crippen molar-refractivity contribution in [3.63, 3.8) is 0 Å². The highest BCUT2D eigenvalue weighted by Gasteiger charge is 2.45. The zero-order valence-electron chi connectivity index (χ0n) is 22.1. The SMILES string of the molecule is CCCc1ccc(OCC2CCC(C(F)(F)OC3CCC(C(=O)Oc4ccc(F)c(F)c4)CC3)CC2)c(F)c1. The van der Waals surface area contributed by atoms with Gasteiger partial charge in [-0.2, -0.15) is 8.78 Å². The fraction of sp³-hybridized carbons (Fsp3) is 0.567. The summed E-state index contributed by atoms with van der Waals surface area (Å²) in [6.45, 7) is 2.31. The zero-order valence-corrected chi connectivity index (χ0v) is 22.1. The van der Waals surface area contributed by atoms with Crippen LogP contribution in [0, 0.1) is 35.2 Å². The second kappa shape index (κ2) is 13.1. The lowest BCUT2D eigenvalue weighted by Crippen LogP contribution is -2.40. The Morgan fingerprint density at radius 3 is 2.23 bits per heavy atom. The minimum atomic E-state index is -3.28. The molecule has 0 atom stereocenters. The summed E-state index contributed by atoms with van der Waals surface area (Å²) >= 11 is 0. The number of aryl methyl sites for hydroxylation is 1. The molecule has 0 unspecified atom stereocenters. The number of hydrogen-bond donors (Lipinski definition) is 0. The first-order chi connectivity index (χ1) is 18.6. The van der Waals surface area contributed by atoms with E-state index in [4.69, 9.17) is 14.2 Å². The maximum absolute atomic E-state index is 15.0. The highest BCUT2D eigenvalue weighted by atomic mass is 19.3. The average molecular weight is 555 g/mol. The Morgan fingerprint density at radius 1 is 0.872 bits per heavy atom. The number of esters is 1. The molecule has 0 amide bonds. The summed E-state index contributed by atoms with van der Waals surface area (Å²) in [6, 6.07) is 7.79. The molecule has 214 valence electrons. The van der Waals surface area contributed by atoms with Gasteiger partial charge in [-0.05, 0) is 93.5 Å². The summed E-state index contributed by atoms with van der Waals surface area (Å²) < 4.78 is 86.7. The summed E-state index contributed by atoms with van der Waals surface area (Å²) in [6.07, 6.45) is 0.599. The first-order valence-electron chi connectivity index (χ1n) is 13.8. The number of rotatable bonds is 10. The van der Waals surface area contributed by atoms with E-state index in [1.54, 1.807) is 6.07 Å². The third kappa shape index (κ3) is 7.93. The topological polar surface area (TPSA) is 44.8 Å². The van der Waals surface area contributed by atoms with E-state index < -0.39 is 47.5 Å². The van der Waals surface area contributed by atoms with Crippen molar-refractivity contribution in [3.05, 3.63) is 59.4 Å². The fourth-order valence-corrected chi connectivity index (χ4v) is 5.45. The first-order valence-corrected chi connectivity index (χ1v) is 13.8. The van der Waals surface area contributed by atoms with Crippen LogP contribution in [0.15, 0.2) is 36.4 Å². The molecular formula is C30H35F5O4. The Labute approximate surface area is 225 Å². The summed E-state index contributed by atoms with van der Waals surface area (Å²) in [7, 11) is 0. The van der Waals surface area contributed by atoms with Crippen molar-refractivity contribution >= 4 is 5.97 Å². The van der Waals surface area contributed by atoms with Crippen LogP contribution in [0.5, 0.6) is 11.5 Å². The van der Waals surface area contributed by atoms with E-state index in [0.29, 0.717) is 25.7 Å². The normalized spacial score (nSPS) is 23.8. The first kappa shape index (κ1) is 29.3. The van der Waals surface area contributed by atoms with E-state index in [2.05, 4.69) is 0 Å². The van der Waals surface area contributed by atoms with Gasteiger partial charge in [0.25, 0.3) is 0 Å². The minimum Gasteiger partial charge on any atom is -0.490 e. The molecule has 0 radical (unpaired) electrons. The minimum absolute atomic E-state index is 0.0720. The molecule has 0 heterocycles. The third-order valence-electron chi connectivity index (χ3n) is 7.77. The molecule has 2 fully saturated rings. The van der Waals surface area contributed by atoms with E-state index >= 15 is 0 Å². The quantitative estimate of drug-likeness (QED) is 0.170. The van der Waals surface area contributed by atoms with Crippen LogP contribution in [0.3, 0.4) is 0 Å². The Bertz CT molecular complexity index is 1110. The van der Waals surface area contributed by atoms with Crippen LogP contribution in [0.25, 0.3) is 0 Å². The molecule has 2 aromatic rings. The van der Waals surface area contributed by atoms with Crippen molar-refractivity contribution in [2.24, 2.45) is 17.8 Å². The number of benzene rings is 2. The van der Waals surface area contributed by atoms with E-state index in [1.807, 2.05) is 13.0 Å². The lowest BCUT2D eigenvalue weighted by molar-refractivity contribution is -0.301. The van der Waals surface area contributed by atoms with Gasteiger partial charge in [-0.25, -0.2) is 13.2 Å². The number of hydrogen-bond acceptors (Lipinski definition) is 4. The van der Waals surface area contributed by atoms with E-state index in [-0.39, 0.29) is 49.7 Å². The highest BCUT2D eigenvalue weighted by Crippen LogP contribution is 2.42. The molecule has 2 aliphatic rings. The van der Waals surface area contributed by atoms with Crippen LogP contribution in [-0.2, 0) is 16.0 Å². The maximum atomic E-state index is 15.0. The maximum Gasteiger partial charge on any atom is 0.358 e. The van der Waals surface area contributed by atoms with Gasteiger partial charge in [-0.15, -0.1) is 0 Å². The molecule has 2 aliphatic carbocycles.